The Balaban J connectivity index is 1.98. The zero-order chi connectivity index (χ0) is 10.7. The van der Waals surface area contributed by atoms with E-state index in [9.17, 15) is 4.79 Å². The molecule has 0 aromatic heterocycles. The molecule has 2 heteroatoms. The molecule has 0 radical (unpaired) electrons. The normalized spacial score (nSPS) is 34.3. The monoisotopic (exact) mass is 209 g/mol. The van der Waals surface area contributed by atoms with E-state index in [0.29, 0.717) is 11.8 Å². The van der Waals surface area contributed by atoms with Gasteiger partial charge in [0.1, 0.15) is 5.78 Å². The second kappa shape index (κ2) is 5.11. The molecule has 0 spiro atoms. The third-order valence-electron chi connectivity index (χ3n) is 4.16. The van der Waals surface area contributed by atoms with Gasteiger partial charge in [0.15, 0.2) is 0 Å². The van der Waals surface area contributed by atoms with E-state index in [1.807, 2.05) is 0 Å². The number of piperidine rings is 1. The summed E-state index contributed by atoms with van der Waals surface area (Å²) in [5.74, 6) is 1.27. The van der Waals surface area contributed by atoms with Crippen LogP contribution < -0.4 is 0 Å². The number of hydrogen-bond donors (Lipinski definition) is 0. The Bertz CT molecular complexity index is 221. The lowest BCUT2D eigenvalue weighted by molar-refractivity contribution is -0.123. The van der Waals surface area contributed by atoms with E-state index in [0.717, 1.165) is 25.2 Å². The number of carbonyl (C=O) groups excluding carboxylic acids is 1. The zero-order valence-electron chi connectivity index (χ0n) is 9.87. The average molecular weight is 209 g/mol. The van der Waals surface area contributed by atoms with Gasteiger partial charge in [0.05, 0.1) is 0 Å². The van der Waals surface area contributed by atoms with Gasteiger partial charge in [0, 0.05) is 18.9 Å². The van der Waals surface area contributed by atoms with Gasteiger partial charge in [0.25, 0.3) is 0 Å². The number of carbonyl (C=O) groups is 1. The minimum atomic E-state index is 0.496. The van der Waals surface area contributed by atoms with Gasteiger partial charge in [-0.2, -0.15) is 0 Å². The Kier molecular flexibility index (Phi) is 3.79. The van der Waals surface area contributed by atoms with Crippen LogP contribution in [0.5, 0.6) is 0 Å². The average Bonchev–Trinajstić information content (AvgIpc) is 2.30. The highest BCUT2D eigenvalue weighted by Gasteiger charge is 2.32. The van der Waals surface area contributed by atoms with Gasteiger partial charge in [-0.1, -0.05) is 19.8 Å². The van der Waals surface area contributed by atoms with Crippen LogP contribution >= 0.6 is 0 Å². The maximum absolute atomic E-state index is 11.6. The van der Waals surface area contributed by atoms with Crippen LogP contribution in [0.2, 0.25) is 0 Å². The highest BCUT2D eigenvalue weighted by atomic mass is 16.1. The van der Waals surface area contributed by atoms with E-state index in [4.69, 9.17) is 0 Å². The lowest BCUT2D eigenvalue weighted by atomic mass is 9.80. The fourth-order valence-corrected chi connectivity index (χ4v) is 3.19. The summed E-state index contributed by atoms with van der Waals surface area (Å²) in [5, 5.41) is 0. The van der Waals surface area contributed by atoms with Crippen molar-refractivity contribution in [3.63, 3.8) is 0 Å². The third kappa shape index (κ3) is 2.60. The first kappa shape index (κ1) is 11.1. The van der Waals surface area contributed by atoms with Crippen molar-refractivity contribution in [3.8, 4) is 0 Å². The van der Waals surface area contributed by atoms with Crippen LogP contribution in [0.1, 0.15) is 51.9 Å². The molecule has 0 aromatic carbocycles. The number of likely N-dealkylation sites (tertiary alicyclic amines) is 1. The van der Waals surface area contributed by atoms with Crippen molar-refractivity contribution in [3.05, 3.63) is 0 Å². The van der Waals surface area contributed by atoms with Gasteiger partial charge in [0.2, 0.25) is 0 Å². The summed E-state index contributed by atoms with van der Waals surface area (Å²) in [6.07, 6.45) is 8.10. The highest BCUT2D eigenvalue weighted by Crippen LogP contribution is 2.30. The van der Waals surface area contributed by atoms with Gasteiger partial charge < -0.3 is 0 Å². The van der Waals surface area contributed by atoms with Crippen LogP contribution in [0.4, 0.5) is 0 Å². The Labute approximate surface area is 93.0 Å². The molecule has 2 aliphatic rings. The molecular weight excluding hydrogens is 186 g/mol. The van der Waals surface area contributed by atoms with Crippen LogP contribution in [0.25, 0.3) is 0 Å². The molecule has 1 aliphatic heterocycles. The van der Waals surface area contributed by atoms with Crippen molar-refractivity contribution in [1.82, 2.24) is 4.90 Å². The molecule has 1 saturated heterocycles. The smallest absolute Gasteiger partial charge is 0.134 e. The molecule has 2 atom stereocenters. The SMILES string of the molecule is CCC1CCC(=O)CC1N1CCCCC1. The molecule has 2 fully saturated rings. The summed E-state index contributed by atoms with van der Waals surface area (Å²) in [6.45, 7) is 4.74. The van der Waals surface area contributed by atoms with Crippen molar-refractivity contribution < 1.29 is 4.79 Å². The summed E-state index contributed by atoms with van der Waals surface area (Å²) in [6, 6.07) is 0.580. The molecule has 2 nitrogen and oxygen atoms in total. The van der Waals surface area contributed by atoms with Crippen LogP contribution in [0, 0.1) is 5.92 Å². The van der Waals surface area contributed by atoms with Gasteiger partial charge in [-0.15, -0.1) is 0 Å². The van der Waals surface area contributed by atoms with Gasteiger partial charge >= 0.3 is 0 Å². The Morgan fingerprint density at radius 3 is 2.67 bits per heavy atom. The Hall–Kier alpha value is -0.370. The summed E-state index contributed by atoms with van der Waals surface area (Å²) in [7, 11) is 0. The summed E-state index contributed by atoms with van der Waals surface area (Å²) < 4.78 is 0. The molecule has 0 amide bonds. The lowest BCUT2D eigenvalue weighted by Crippen LogP contribution is -2.46. The predicted molar refractivity (Wildman–Crippen MR) is 61.9 cm³/mol. The largest absolute Gasteiger partial charge is 0.300 e. The van der Waals surface area contributed by atoms with Crippen molar-refractivity contribution in [2.45, 2.75) is 57.9 Å². The van der Waals surface area contributed by atoms with E-state index in [1.54, 1.807) is 0 Å². The van der Waals surface area contributed by atoms with Crippen molar-refractivity contribution >= 4 is 5.78 Å². The molecule has 0 bridgehead atoms. The Morgan fingerprint density at radius 2 is 2.00 bits per heavy atom. The van der Waals surface area contributed by atoms with E-state index in [-0.39, 0.29) is 0 Å². The second-order valence-corrected chi connectivity index (χ2v) is 5.11. The fourth-order valence-electron chi connectivity index (χ4n) is 3.19. The number of rotatable bonds is 2. The molecule has 2 rings (SSSR count). The molecule has 1 saturated carbocycles. The zero-order valence-corrected chi connectivity index (χ0v) is 9.87. The molecule has 15 heavy (non-hydrogen) atoms. The number of hydrogen-bond acceptors (Lipinski definition) is 2. The fraction of sp³-hybridized carbons (Fsp3) is 0.923. The summed E-state index contributed by atoms with van der Waals surface area (Å²) in [5.41, 5.74) is 0. The number of Topliss-reactive ketones (excluding diaryl/α,β-unsaturated/α-hetero) is 1. The van der Waals surface area contributed by atoms with E-state index in [1.165, 1.54) is 38.8 Å². The minimum absolute atomic E-state index is 0.496. The van der Waals surface area contributed by atoms with Gasteiger partial charge in [-0.05, 0) is 38.3 Å². The lowest BCUT2D eigenvalue weighted by Gasteiger charge is -2.41. The van der Waals surface area contributed by atoms with E-state index < -0.39 is 0 Å². The maximum atomic E-state index is 11.6. The van der Waals surface area contributed by atoms with Crippen molar-refractivity contribution in [2.24, 2.45) is 5.92 Å². The molecule has 1 aliphatic carbocycles. The summed E-state index contributed by atoms with van der Waals surface area (Å²) >= 11 is 0. The number of nitrogens with zero attached hydrogens (tertiary/aromatic N) is 1. The van der Waals surface area contributed by atoms with E-state index in [2.05, 4.69) is 11.8 Å². The third-order valence-corrected chi connectivity index (χ3v) is 4.16. The molecule has 1 heterocycles. The molecule has 0 N–H and O–H groups in total. The molecule has 0 aromatic rings. The summed E-state index contributed by atoms with van der Waals surface area (Å²) in [4.78, 5) is 14.1. The second-order valence-electron chi connectivity index (χ2n) is 5.11. The van der Waals surface area contributed by atoms with Crippen LogP contribution in [0.15, 0.2) is 0 Å². The minimum Gasteiger partial charge on any atom is -0.300 e. The predicted octanol–water partition coefficient (Wildman–Crippen LogP) is 2.62. The van der Waals surface area contributed by atoms with Crippen LogP contribution in [-0.2, 0) is 4.79 Å². The van der Waals surface area contributed by atoms with E-state index >= 15 is 0 Å². The van der Waals surface area contributed by atoms with Crippen molar-refractivity contribution in [1.29, 1.82) is 0 Å². The van der Waals surface area contributed by atoms with Gasteiger partial charge in [-0.25, -0.2) is 0 Å². The highest BCUT2D eigenvalue weighted by molar-refractivity contribution is 5.79. The first-order valence-electron chi connectivity index (χ1n) is 6.57. The molecular formula is C13H23NO. The standard InChI is InChI=1S/C13H23NO/c1-2-11-6-7-12(15)10-13(11)14-8-4-3-5-9-14/h11,13H,2-10H2,1H3. The Morgan fingerprint density at radius 1 is 1.27 bits per heavy atom. The molecule has 86 valence electrons. The molecule has 2 unspecified atom stereocenters. The van der Waals surface area contributed by atoms with Crippen LogP contribution in [-0.4, -0.2) is 29.8 Å². The first-order chi connectivity index (χ1) is 7.31. The number of ketones is 1. The topological polar surface area (TPSA) is 20.3 Å². The first-order valence-corrected chi connectivity index (χ1v) is 6.57. The van der Waals surface area contributed by atoms with Crippen molar-refractivity contribution in [2.75, 3.05) is 13.1 Å². The van der Waals surface area contributed by atoms with Gasteiger partial charge in [-0.3, -0.25) is 9.69 Å². The van der Waals surface area contributed by atoms with Crippen LogP contribution in [0.3, 0.4) is 0 Å². The maximum Gasteiger partial charge on any atom is 0.134 e. The quantitative estimate of drug-likeness (QED) is 0.697.